The number of hydrogen-bond acceptors (Lipinski definition) is 13. The number of Topliss-reactive ketones (excluding diaryl/α,β-unsaturated/α-hetero) is 2. The predicted octanol–water partition coefficient (Wildman–Crippen LogP) is 4.60. The van der Waals surface area contributed by atoms with E-state index in [-0.39, 0.29) is 39.3 Å². The molecule has 1 fully saturated rings. The molecule has 0 spiro atoms. The quantitative estimate of drug-likeness (QED) is 0.309. The van der Waals surface area contributed by atoms with Gasteiger partial charge in [0.2, 0.25) is 5.78 Å². The number of aliphatic imine (C=N–C) groups is 1. The van der Waals surface area contributed by atoms with E-state index >= 15 is 0 Å². The maximum Gasteiger partial charge on any atom is 0.312 e. The standard InChI is InChI=1S/C43H56N2O12/c1-20-13-11-14-21(2)42(53)44-28-19-30(45-17-12-15-29(45)26(7)46)32-33(38(28)51)37(50)25(6)40-34(32)41(52)43(9,57-40)55-18-16-31(54-10)22(3)39(56-27(8)47)24(5)36(49)23(4)35(20)48/h11,13-14,16,18-20,22-24,26,29,31,35-36,39,46,48-50H,12,15,17H2,1-10H3/b13-11-,18-16?,21-14-,44-28?/t20-,22+,23+,24+,26-,29+,31-,35-,36+,39+,43-/m0/s1. The number of esters is 1. The van der Waals surface area contributed by atoms with Crippen molar-refractivity contribution < 1.29 is 58.6 Å². The number of phenols is 1. The normalized spacial score (nSPS) is 34.5. The van der Waals surface area contributed by atoms with Gasteiger partial charge in [0, 0.05) is 73.6 Å². The zero-order valence-corrected chi connectivity index (χ0v) is 34.3. The van der Waals surface area contributed by atoms with Crippen molar-refractivity contribution in [1.29, 1.82) is 0 Å². The molecular weight excluding hydrogens is 736 g/mol. The van der Waals surface area contributed by atoms with Crippen LogP contribution in [0, 0.1) is 30.6 Å². The van der Waals surface area contributed by atoms with E-state index < -0.39 is 95.2 Å². The number of likely N-dealkylation sites (tertiary alicyclic amines) is 1. The molecule has 1 aromatic carbocycles. The Balaban J connectivity index is 1.70. The Hall–Kier alpha value is -4.63. The number of hydrogen-bond donors (Lipinski definition) is 4. The minimum absolute atomic E-state index is 0.00567. The summed E-state index contributed by atoms with van der Waals surface area (Å²) in [6, 6.07) is -0.414. The van der Waals surface area contributed by atoms with E-state index in [0.29, 0.717) is 25.1 Å². The van der Waals surface area contributed by atoms with Crippen molar-refractivity contribution in [1.82, 2.24) is 4.90 Å². The minimum Gasteiger partial charge on any atom is -0.507 e. The lowest BCUT2D eigenvalue weighted by atomic mass is 9.78. The summed E-state index contributed by atoms with van der Waals surface area (Å²) in [5, 5.41) is 45.3. The Morgan fingerprint density at radius 1 is 1.02 bits per heavy atom. The number of aliphatic hydroxyl groups excluding tert-OH is 3. The smallest absolute Gasteiger partial charge is 0.312 e. The molecule has 0 saturated carbocycles. The summed E-state index contributed by atoms with van der Waals surface area (Å²) < 4.78 is 23.8. The van der Waals surface area contributed by atoms with E-state index in [9.17, 15) is 39.6 Å². The van der Waals surface area contributed by atoms with Crippen LogP contribution in [0.1, 0.15) is 100 Å². The van der Waals surface area contributed by atoms with Gasteiger partial charge in [0.05, 0.1) is 47.8 Å². The van der Waals surface area contributed by atoms with Crippen LogP contribution in [0.4, 0.5) is 0 Å². The molecule has 4 heterocycles. The molecule has 5 aliphatic rings. The van der Waals surface area contributed by atoms with Gasteiger partial charge in [-0.3, -0.25) is 19.2 Å². The predicted molar refractivity (Wildman–Crippen MR) is 211 cm³/mol. The number of nitrogens with zero attached hydrogens (tertiary/aromatic N) is 2. The molecule has 11 atom stereocenters. The Morgan fingerprint density at radius 2 is 1.70 bits per heavy atom. The topological polar surface area (TPSA) is 202 Å². The SMILES string of the molecule is CO[C@H]1C=CO[C@@]2(C)Oc3c(C)c(O)c4c(c3C2=O)C(N2CCC[C@@H]2[C@H](C)O)=CC(=NC(=O)/C(C)=C\C=C/[C@H](C)[C@H](O)[C@@H](C)[C@@H](O)[C@@H](C)[C@H](OC(C)=O)[C@@H]1C)C4=O. The Kier molecular flexibility index (Phi) is 13.0. The number of phenolic OH excluding ortho intramolecular Hbond substituents is 1. The molecule has 310 valence electrons. The maximum atomic E-state index is 14.6. The highest BCUT2D eigenvalue weighted by Crippen LogP contribution is 2.51. The van der Waals surface area contributed by atoms with E-state index in [1.54, 1.807) is 46.8 Å². The van der Waals surface area contributed by atoms with Crippen LogP contribution >= 0.6 is 0 Å². The number of amides is 1. The fourth-order valence-corrected chi connectivity index (χ4v) is 8.40. The summed E-state index contributed by atoms with van der Waals surface area (Å²) >= 11 is 0. The van der Waals surface area contributed by atoms with Gasteiger partial charge < -0.3 is 44.3 Å². The lowest BCUT2D eigenvalue weighted by Gasteiger charge is -2.38. The first kappa shape index (κ1) is 43.5. The third-order valence-electron chi connectivity index (χ3n) is 11.9. The van der Waals surface area contributed by atoms with Gasteiger partial charge in [0.15, 0.2) is 0 Å². The number of aliphatic hydroxyl groups is 3. The van der Waals surface area contributed by atoms with Crippen molar-refractivity contribution in [2.75, 3.05) is 13.7 Å². The number of rotatable bonds is 4. The molecule has 4 N–H and O–H groups in total. The molecule has 1 amide bonds. The summed E-state index contributed by atoms with van der Waals surface area (Å²) in [4.78, 5) is 60.8. The fourth-order valence-electron chi connectivity index (χ4n) is 8.40. The molecule has 6 rings (SSSR count). The number of allylic oxidation sites excluding steroid dienone is 3. The second-order valence-electron chi connectivity index (χ2n) is 16.0. The van der Waals surface area contributed by atoms with E-state index in [1.165, 1.54) is 59.3 Å². The third kappa shape index (κ3) is 8.23. The monoisotopic (exact) mass is 792 g/mol. The van der Waals surface area contributed by atoms with E-state index in [4.69, 9.17) is 18.9 Å². The highest BCUT2D eigenvalue weighted by atomic mass is 16.7. The summed E-state index contributed by atoms with van der Waals surface area (Å²) in [5.74, 6) is -7.61. The van der Waals surface area contributed by atoms with Crippen molar-refractivity contribution in [2.45, 2.75) is 118 Å². The summed E-state index contributed by atoms with van der Waals surface area (Å²) in [6.07, 6.45) is 5.59. The van der Waals surface area contributed by atoms with Crippen LogP contribution in [0.15, 0.2) is 47.2 Å². The van der Waals surface area contributed by atoms with Crippen LogP contribution in [0.2, 0.25) is 0 Å². The number of aromatic hydroxyl groups is 1. The molecule has 1 aromatic rings. The van der Waals surface area contributed by atoms with Gasteiger partial charge in [-0.15, -0.1) is 0 Å². The lowest BCUT2D eigenvalue weighted by Crippen LogP contribution is -2.46. The van der Waals surface area contributed by atoms with Crippen LogP contribution in [0.25, 0.3) is 5.70 Å². The maximum absolute atomic E-state index is 14.6. The number of ether oxygens (including phenoxy) is 4. The number of carbonyl (C=O) groups is 4. The molecule has 57 heavy (non-hydrogen) atoms. The molecule has 0 aromatic heterocycles. The van der Waals surface area contributed by atoms with Crippen molar-refractivity contribution in [3.63, 3.8) is 0 Å². The number of fused-ring (bicyclic) bond motifs is 13. The zero-order valence-electron chi connectivity index (χ0n) is 34.3. The van der Waals surface area contributed by atoms with Crippen molar-refractivity contribution in [3.05, 3.63) is 64.5 Å². The van der Waals surface area contributed by atoms with Crippen molar-refractivity contribution >= 4 is 34.9 Å². The molecule has 5 bridgehead atoms. The minimum atomic E-state index is -1.98. The summed E-state index contributed by atoms with van der Waals surface area (Å²) in [6.45, 7) is 14.7. The molecular formula is C43H56N2O12. The molecule has 4 aliphatic heterocycles. The second-order valence-corrected chi connectivity index (χ2v) is 16.0. The Labute approximate surface area is 333 Å². The van der Waals surface area contributed by atoms with Crippen LogP contribution < -0.4 is 4.74 Å². The molecule has 14 heteroatoms. The Morgan fingerprint density at radius 3 is 2.33 bits per heavy atom. The van der Waals surface area contributed by atoms with Crippen LogP contribution in [-0.4, -0.2) is 110 Å². The molecule has 0 radical (unpaired) electrons. The van der Waals surface area contributed by atoms with Crippen molar-refractivity contribution in [3.8, 4) is 11.5 Å². The highest BCUT2D eigenvalue weighted by Gasteiger charge is 2.52. The van der Waals surface area contributed by atoms with Gasteiger partial charge in [0.25, 0.3) is 11.7 Å². The second kappa shape index (κ2) is 17.1. The van der Waals surface area contributed by atoms with Crippen LogP contribution in [0.3, 0.4) is 0 Å². The summed E-state index contributed by atoms with van der Waals surface area (Å²) in [7, 11) is 1.45. The summed E-state index contributed by atoms with van der Waals surface area (Å²) in [5.41, 5.74) is 0.171. The van der Waals surface area contributed by atoms with E-state index in [2.05, 4.69) is 4.99 Å². The molecule has 1 aliphatic carbocycles. The number of methoxy groups -OCH3 is 1. The Bertz CT molecular complexity index is 1940. The lowest BCUT2D eigenvalue weighted by molar-refractivity contribution is -0.160. The third-order valence-corrected chi connectivity index (χ3v) is 11.9. The van der Waals surface area contributed by atoms with Gasteiger partial charge in [-0.05, 0) is 45.8 Å². The van der Waals surface area contributed by atoms with Gasteiger partial charge in [-0.1, -0.05) is 45.9 Å². The van der Waals surface area contributed by atoms with Crippen molar-refractivity contribution in [2.24, 2.45) is 28.7 Å². The number of benzene rings is 1. The van der Waals surface area contributed by atoms with E-state index in [0.717, 1.165) is 0 Å². The van der Waals surface area contributed by atoms with Gasteiger partial charge in [-0.25, -0.2) is 4.99 Å². The average Bonchev–Trinajstić information content (AvgIpc) is 3.76. The molecule has 14 nitrogen and oxygen atoms in total. The van der Waals surface area contributed by atoms with Gasteiger partial charge in [0.1, 0.15) is 23.3 Å². The molecule has 1 saturated heterocycles. The number of ketones is 2. The van der Waals surface area contributed by atoms with Crippen LogP contribution in [-0.2, 0) is 23.8 Å². The largest absolute Gasteiger partial charge is 0.507 e. The molecule has 0 unspecified atom stereocenters. The number of carbonyl (C=O) groups excluding carboxylic acids is 4. The van der Waals surface area contributed by atoms with Gasteiger partial charge >= 0.3 is 11.8 Å². The average molecular weight is 793 g/mol. The highest BCUT2D eigenvalue weighted by molar-refractivity contribution is 6.54. The fraction of sp³-hybridized carbons (Fsp3) is 0.558. The van der Waals surface area contributed by atoms with Gasteiger partial charge in [-0.2, -0.15) is 0 Å². The first-order valence-electron chi connectivity index (χ1n) is 19.5. The first-order valence-corrected chi connectivity index (χ1v) is 19.5. The van der Waals surface area contributed by atoms with Crippen LogP contribution in [0.5, 0.6) is 11.5 Å². The first-order chi connectivity index (χ1) is 26.7. The van der Waals surface area contributed by atoms with E-state index in [1.807, 2.05) is 4.90 Å². The zero-order chi connectivity index (χ0) is 42.3.